The summed E-state index contributed by atoms with van der Waals surface area (Å²) in [5.41, 5.74) is -0.293. The molecular weight excluding hydrogens is 388 g/mol. The number of hydrogen-bond donors (Lipinski definition) is 3. The van der Waals surface area contributed by atoms with Crippen LogP contribution < -0.4 is 0 Å². The van der Waals surface area contributed by atoms with Crippen LogP contribution in [0.2, 0.25) is 0 Å². The molecule has 0 saturated heterocycles. The smallest absolute Gasteiger partial charge is 0.138 e. The lowest BCUT2D eigenvalue weighted by molar-refractivity contribution is -0.204. The van der Waals surface area contributed by atoms with Crippen LogP contribution in [0.3, 0.4) is 0 Å². The van der Waals surface area contributed by atoms with Gasteiger partial charge in [0.15, 0.2) is 0 Å². The van der Waals surface area contributed by atoms with E-state index >= 15 is 0 Å². The van der Waals surface area contributed by atoms with Crippen molar-refractivity contribution in [2.75, 3.05) is 0 Å². The molecule has 0 heterocycles. The molecule has 31 heavy (non-hydrogen) atoms. The molecule has 0 aromatic carbocycles. The third kappa shape index (κ3) is 3.83. The maximum Gasteiger partial charge on any atom is 0.138 e. The Morgan fingerprint density at radius 2 is 1.68 bits per heavy atom. The molecule has 178 valence electrons. The number of rotatable bonds is 4. The predicted octanol–water partition coefficient (Wildman–Crippen LogP) is 4.73. The van der Waals surface area contributed by atoms with E-state index < -0.39 is 0 Å². The molecule has 0 amide bonds. The maximum atomic E-state index is 12.4. The van der Waals surface area contributed by atoms with Crippen molar-refractivity contribution >= 4 is 5.78 Å². The summed E-state index contributed by atoms with van der Waals surface area (Å²) in [6, 6.07) is 0. The van der Waals surface area contributed by atoms with Crippen LogP contribution in [-0.2, 0) is 4.79 Å². The van der Waals surface area contributed by atoms with E-state index in [0.717, 1.165) is 57.8 Å². The van der Waals surface area contributed by atoms with E-state index in [0.29, 0.717) is 35.9 Å². The molecule has 4 rings (SSSR count). The van der Waals surface area contributed by atoms with Gasteiger partial charge in [0.1, 0.15) is 5.78 Å². The molecule has 0 unspecified atom stereocenters. The van der Waals surface area contributed by atoms with Crippen molar-refractivity contribution in [1.29, 1.82) is 0 Å². The molecule has 4 aliphatic carbocycles. The average Bonchev–Trinajstić information content (AvgIpc) is 3.01. The molecule has 0 bridgehead atoms. The quantitative estimate of drug-likeness (QED) is 0.597. The van der Waals surface area contributed by atoms with Gasteiger partial charge in [-0.05, 0) is 98.2 Å². The number of fused-ring (bicyclic) bond motifs is 5. The van der Waals surface area contributed by atoms with E-state index in [9.17, 15) is 20.1 Å². The van der Waals surface area contributed by atoms with Gasteiger partial charge < -0.3 is 15.3 Å². The summed E-state index contributed by atoms with van der Waals surface area (Å²) in [5, 5.41) is 33.1. The van der Waals surface area contributed by atoms with Crippen LogP contribution in [0.4, 0.5) is 0 Å². The van der Waals surface area contributed by atoms with Gasteiger partial charge in [0.05, 0.1) is 18.3 Å². The zero-order valence-corrected chi connectivity index (χ0v) is 20.4. The fourth-order valence-electron chi connectivity index (χ4n) is 8.65. The van der Waals surface area contributed by atoms with E-state index in [4.69, 9.17) is 0 Å². The Hall–Kier alpha value is -0.450. The van der Waals surface area contributed by atoms with Gasteiger partial charge in [0.2, 0.25) is 0 Å². The number of hydrogen-bond acceptors (Lipinski definition) is 4. The first-order chi connectivity index (χ1) is 14.4. The molecule has 4 heteroatoms. The number of ketones is 1. The Balaban J connectivity index is 1.51. The van der Waals surface area contributed by atoms with Crippen LogP contribution >= 0.6 is 0 Å². The molecule has 0 spiro atoms. The van der Waals surface area contributed by atoms with Gasteiger partial charge in [-0.3, -0.25) is 4.79 Å². The second kappa shape index (κ2) is 8.09. The van der Waals surface area contributed by atoms with E-state index in [2.05, 4.69) is 13.8 Å². The van der Waals surface area contributed by atoms with Gasteiger partial charge in [-0.1, -0.05) is 34.6 Å². The van der Waals surface area contributed by atoms with Gasteiger partial charge >= 0.3 is 0 Å². The lowest BCUT2D eigenvalue weighted by Crippen LogP contribution is -2.62. The second-order valence-electron chi connectivity index (χ2n) is 13.2. The predicted molar refractivity (Wildman–Crippen MR) is 122 cm³/mol. The van der Waals surface area contributed by atoms with Crippen LogP contribution in [0, 0.1) is 45.8 Å². The van der Waals surface area contributed by atoms with Crippen molar-refractivity contribution in [3.63, 3.8) is 0 Å². The maximum absolute atomic E-state index is 12.4. The molecule has 0 radical (unpaired) electrons. The molecule has 0 aromatic rings. The largest absolute Gasteiger partial charge is 0.393 e. The fourth-order valence-corrected chi connectivity index (χ4v) is 8.65. The summed E-state index contributed by atoms with van der Waals surface area (Å²) < 4.78 is 0. The third-order valence-corrected chi connectivity index (χ3v) is 10.7. The standard InChI is InChI=1S/C27H46O4/c1-25(2,3)22(30)8-6-7-16-9-10-19-24-20(15-23(31)27(16,19)5)26(4)12-11-18(28)13-17(26)14-21(24)29/h16-21,23-24,28-29,31H,6-15H2,1-5H3/t16-,17-,18+,19-,20-,21+,23-,24-,26-,27+/m0/s1. The number of carbonyl (C=O) groups excluding carboxylic acids is 1. The molecule has 4 saturated carbocycles. The Bertz CT molecular complexity index is 683. The molecule has 10 atom stereocenters. The van der Waals surface area contributed by atoms with Crippen molar-refractivity contribution < 1.29 is 20.1 Å². The first-order valence-electron chi connectivity index (χ1n) is 13.0. The van der Waals surface area contributed by atoms with Crippen LogP contribution in [0.1, 0.15) is 98.8 Å². The first-order valence-corrected chi connectivity index (χ1v) is 13.0. The monoisotopic (exact) mass is 434 g/mol. The average molecular weight is 435 g/mol. The van der Waals surface area contributed by atoms with Crippen molar-refractivity contribution in [3.8, 4) is 0 Å². The minimum absolute atomic E-state index is 0.128. The van der Waals surface area contributed by atoms with Crippen LogP contribution in [0.5, 0.6) is 0 Å². The molecule has 4 fully saturated rings. The van der Waals surface area contributed by atoms with Gasteiger partial charge in [0, 0.05) is 11.8 Å². The lowest BCUT2D eigenvalue weighted by Gasteiger charge is -2.63. The topological polar surface area (TPSA) is 77.8 Å². The second-order valence-corrected chi connectivity index (χ2v) is 13.2. The molecular formula is C27H46O4. The van der Waals surface area contributed by atoms with Crippen LogP contribution in [0.15, 0.2) is 0 Å². The van der Waals surface area contributed by atoms with Crippen molar-refractivity contribution in [2.45, 2.75) is 117 Å². The van der Waals surface area contributed by atoms with E-state index in [1.807, 2.05) is 20.8 Å². The Morgan fingerprint density at radius 3 is 2.35 bits per heavy atom. The zero-order valence-electron chi connectivity index (χ0n) is 20.4. The van der Waals surface area contributed by atoms with E-state index in [1.54, 1.807) is 0 Å². The highest BCUT2D eigenvalue weighted by molar-refractivity contribution is 5.83. The van der Waals surface area contributed by atoms with E-state index in [-0.39, 0.29) is 40.5 Å². The SMILES string of the molecule is CC(C)(C)C(=O)CCC[C@H]1CC[C@H]2[C@@H]3[C@H](O)C[C@@H]4C[C@H](O)CC[C@]4(C)[C@H]3C[C@H](O)[C@]12C. The van der Waals surface area contributed by atoms with Gasteiger partial charge in [-0.25, -0.2) is 0 Å². The molecule has 0 aliphatic heterocycles. The first kappa shape index (κ1) is 23.7. The Morgan fingerprint density at radius 1 is 0.968 bits per heavy atom. The van der Waals surface area contributed by atoms with Crippen molar-refractivity contribution in [1.82, 2.24) is 0 Å². The highest BCUT2D eigenvalue weighted by atomic mass is 16.3. The number of Topliss-reactive ketones (excluding diaryl/α,β-unsaturated/α-hetero) is 1. The molecule has 4 nitrogen and oxygen atoms in total. The lowest BCUT2D eigenvalue weighted by atomic mass is 9.43. The fraction of sp³-hybridized carbons (Fsp3) is 0.963. The normalized spacial score (nSPS) is 49.8. The highest BCUT2D eigenvalue weighted by Gasteiger charge is 2.65. The van der Waals surface area contributed by atoms with Crippen LogP contribution in [-0.4, -0.2) is 39.4 Å². The van der Waals surface area contributed by atoms with Gasteiger partial charge in [-0.2, -0.15) is 0 Å². The van der Waals surface area contributed by atoms with Crippen LogP contribution in [0.25, 0.3) is 0 Å². The minimum Gasteiger partial charge on any atom is -0.393 e. The van der Waals surface area contributed by atoms with Gasteiger partial charge in [-0.15, -0.1) is 0 Å². The zero-order chi connectivity index (χ0) is 22.8. The van der Waals surface area contributed by atoms with Gasteiger partial charge in [0.25, 0.3) is 0 Å². The highest BCUT2D eigenvalue weighted by Crippen LogP contribution is 2.67. The summed E-state index contributed by atoms with van der Waals surface area (Å²) in [4.78, 5) is 12.4. The minimum atomic E-state index is -0.334. The summed E-state index contributed by atoms with van der Waals surface area (Å²) >= 11 is 0. The molecule has 0 aromatic heterocycles. The number of carbonyl (C=O) groups is 1. The third-order valence-electron chi connectivity index (χ3n) is 10.7. The Kier molecular flexibility index (Phi) is 6.19. The Labute approximate surface area is 189 Å². The summed E-state index contributed by atoms with van der Waals surface area (Å²) in [6.45, 7) is 10.7. The van der Waals surface area contributed by atoms with E-state index in [1.165, 1.54) is 0 Å². The number of aliphatic hydroxyl groups excluding tert-OH is 3. The summed E-state index contributed by atoms with van der Waals surface area (Å²) in [7, 11) is 0. The number of aliphatic hydroxyl groups is 3. The van der Waals surface area contributed by atoms with Crippen molar-refractivity contribution in [2.24, 2.45) is 45.8 Å². The molecule has 4 aliphatic rings. The van der Waals surface area contributed by atoms with Crippen molar-refractivity contribution in [3.05, 3.63) is 0 Å². The summed E-state index contributed by atoms with van der Waals surface area (Å²) in [5.74, 6) is 2.12. The molecule has 3 N–H and O–H groups in total. The summed E-state index contributed by atoms with van der Waals surface area (Å²) in [6.07, 6.45) is 8.14.